The largest absolute Gasteiger partial charge is 0.269 e. The van der Waals surface area contributed by atoms with Crippen LogP contribution in [-0.4, -0.2) is 9.78 Å². The lowest BCUT2D eigenvalue weighted by Gasteiger charge is -2.05. The summed E-state index contributed by atoms with van der Waals surface area (Å²) in [6, 6.07) is 10.6. The van der Waals surface area contributed by atoms with Crippen LogP contribution in [0.15, 0.2) is 35.2 Å². The third-order valence-electron chi connectivity index (χ3n) is 2.75. The Balaban J connectivity index is 2.01. The van der Waals surface area contributed by atoms with Crippen molar-refractivity contribution in [3.63, 3.8) is 0 Å². The van der Waals surface area contributed by atoms with Gasteiger partial charge in [-0.05, 0) is 37.6 Å². The maximum Gasteiger partial charge on any atom is 0.0596 e. The summed E-state index contributed by atoms with van der Waals surface area (Å²) < 4.78 is 2.06. The first-order valence-corrected chi connectivity index (χ1v) is 7.56. The topological polar surface area (TPSA) is 17.8 Å². The van der Waals surface area contributed by atoms with Crippen LogP contribution in [0.5, 0.6) is 0 Å². The van der Waals surface area contributed by atoms with Crippen LogP contribution >= 0.6 is 23.4 Å². The number of aromatic nitrogens is 2. The second kappa shape index (κ2) is 6.30. The molecule has 1 aromatic carbocycles. The van der Waals surface area contributed by atoms with Gasteiger partial charge in [-0.15, -0.1) is 23.4 Å². The first kappa shape index (κ1) is 13.5. The van der Waals surface area contributed by atoms with E-state index in [2.05, 4.69) is 47.0 Å². The monoisotopic (exact) mass is 280 g/mol. The number of thioether (sulfide) groups is 1. The molecule has 0 N–H and O–H groups in total. The van der Waals surface area contributed by atoms with Crippen molar-refractivity contribution < 1.29 is 0 Å². The zero-order valence-electron chi connectivity index (χ0n) is 10.7. The van der Waals surface area contributed by atoms with Crippen LogP contribution in [-0.2, 0) is 18.2 Å². The number of hydrogen-bond donors (Lipinski definition) is 0. The fourth-order valence-corrected chi connectivity index (χ4v) is 2.87. The molecule has 96 valence electrons. The standard InChI is InChI=1S/C14H17ClN2S/c1-3-17-13(8-11(2)16-17)10-18-14-6-4-12(9-15)5-7-14/h4-8H,3,9-10H2,1-2H3. The third-order valence-corrected chi connectivity index (χ3v) is 4.10. The summed E-state index contributed by atoms with van der Waals surface area (Å²) in [4.78, 5) is 1.27. The molecule has 0 bridgehead atoms. The van der Waals surface area contributed by atoms with Gasteiger partial charge in [-0.3, -0.25) is 4.68 Å². The molecule has 0 amide bonds. The molecule has 0 radical (unpaired) electrons. The molecular formula is C14H17ClN2S. The van der Waals surface area contributed by atoms with Crippen LogP contribution in [0.25, 0.3) is 0 Å². The average Bonchev–Trinajstić information content (AvgIpc) is 2.77. The fraction of sp³-hybridized carbons (Fsp3) is 0.357. The second-order valence-electron chi connectivity index (χ2n) is 4.16. The van der Waals surface area contributed by atoms with Crippen LogP contribution in [0.2, 0.25) is 0 Å². The summed E-state index contributed by atoms with van der Waals surface area (Å²) in [7, 11) is 0. The minimum absolute atomic E-state index is 0.576. The Morgan fingerprint density at radius 2 is 2.00 bits per heavy atom. The third kappa shape index (κ3) is 3.30. The van der Waals surface area contributed by atoms with E-state index < -0.39 is 0 Å². The van der Waals surface area contributed by atoms with Gasteiger partial charge in [0, 0.05) is 28.8 Å². The maximum atomic E-state index is 5.78. The molecule has 0 atom stereocenters. The number of halogens is 1. The first-order chi connectivity index (χ1) is 8.72. The molecule has 0 aliphatic carbocycles. The van der Waals surface area contributed by atoms with E-state index in [1.54, 1.807) is 0 Å². The van der Waals surface area contributed by atoms with Gasteiger partial charge in [-0.25, -0.2) is 0 Å². The smallest absolute Gasteiger partial charge is 0.0596 e. The van der Waals surface area contributed by atoms with Gasteiger partial charge in [0.2, 0.25) is 0 Å². The Morgan fingerprint density at radius 1 is 1.28 bits per heavy atom. The summed E-state index contributed by atoms with van der Waals surface area (Å²) in [5.41, 5.74) is 3.53. The Labute approximate surface area is 117 Å². The number of nitrogens with zero attached hydrogens (tertiary/aromatic N) is 2. The van der Waals surface area contributed by atoms with Crippen molar-refractivity contribution in [3.8, 4) is 0 Å². The molecule has 2 rings (SSSR count). The molecule has 0 aliphatic heterocycles. The number of alkyl halides is 1. The maximum absolute atomic E-state index is 5.78. The Morgan fingerprint density at radius 3 is 2.61 bits per heavy atom. The zero-order valence-corrected chi connectivity index (χ0v) is 12.3. The van der Waals surface area contributed by atoms with Crippen molar-refractivity contribution in [2.75, 3.05) is 0 Å². The van der Waals surface area contributed by atoms with Gasteiger partial charge in [0.1, 0.15) is 0 Å². The molecule has 0 fully saturated rings. The van der Waals surface area contributed by atoms with Crippen molar-refractivity contribution in [2.45, 2.75) is 36.9 Å². The minimum atomic E-state index is 0.576. The molecule has 2 aromatic rings. The van der Waals surface area contributed by atoms with Gasteiger partial charge in [0.15, 0.2) is 0 Å². The Hall–Kier alpha value is -0.930. The average molecular weight is 281 g/mol. The van der Waals surface area contributed by atoms with Crippen LogP contribution in [0.4, 0.5) is 0 Å². The van der Waals surface area contributed by atoms with Crippen molar-refractivity contribution in [2.24, 2.45) is 0 Å². The molecule has 0 saturated carbocycles. The van der Waals surface area contributed by atoms with Crippen LogP contribution < -0.4 is 0 Å². The summed E-state index contributed by atoms with van der Waals surface area (Å²) >= 11 is 7.61. The van der Waals surface area contributed by atoms with Crippen molar-refractivity contribution in [1.82, 2.24) is 9.78 Å². The highest BCUT2D eigenvalue weighted by molar-refractivity contribution is 7.98. The van der Waals surface area contributed by atoms with E-state index in [-0.39, 0.29) is 0 Å². The molecule has 0 spiro atoms. The lowest BCUT2D eigenvalue weighted by atomic mass is 10.2. The van der Waals surface area contributed by atoms with E-state index in [0.717, 1.165) is 23.6 Å². The SMILES string of the molecule is CCn1nc(C)cc1CSc1ccc(CCl)cc1. The fourth-order valence-electron chi connectivity index (χ4n) is 1.82. The van der Waals surface area contributed by atoms with E-state index in [9.17, 15) is 0 Å². The highest BCUT2D eigenvalue weighted by Gasteiger charge is 2.04. The summed E-state index contributed by atoms with van der Waals surface area (Å²) in [5.74, 6) is 1.53. The predicted octanol–water partition coefficient (Wildman–Crippen LogP) is 4.24. The van der Waals surface area contributed by atoms with Gasteiger partial charge in [-0.2, -0.15) is 5.10 Å². The van der Waals surface area contributed by atoms with Crippen molar-refractivity contribution in [1.29, 1.82) is 0 Å². The van der Waals surface area contributed by atoms with Gasteiger partial charge >= 0.3 is 0 Å². The Bertz CT molecular complexity index is 505. The van der Waals surface area contributed by atoms with E-state index in [1.807, 2.05) is 18.7 Å². The molecular weight excluding hydrogens is 264 g/mol. The second-order valence-corrected chi connectivity index (χ2v) is 5.48. The lowest BCUT2D eigenvalue weighted by Crippen LogP contribution is -2.01. The van der Waals surface area contributed by atoms with Crippen LogP contribution in [0.3, 0.4) is 0 Å². The van der Waals surface area contributed by atoms with Crippen LogP contribution in [0, 0.1) is 6.92 Å². The molecule has 2 nitrogen and oxygen atoms in total. The van der Waals surface area contributed by atoms with Crippen molar-refractivity contribution in [3.05, 3.63) is 47.3 Å². The molecule has 0 unspecified atom stereocenters. The normalized spacial score (nSPS) is 10.8. The molecule has 1 aromatic heterocycles. The lowest BCUT2D eigenvalue weighted by molar-refractivity contribution is 0.632. The number of aryl methyl sites for hydroxylation is 2. The number of hydrogen-bond acceptors (Lipinski definition) is 2. The minimum Gasteiger partial charge on any atom is -0.269 e. The van der Waals surface area contributed by atoms with E-state index in [0.29, 0.717) is 5.88 Å². The van der Waals surface area contributed by atoms with E-state index >= 15 is 0 Å². The number of benzene rings is 1. The first-order valence-electron chi connectivity index (χ1n) is 6.04. The summed E-state index contributed by atoms with van der Waals surface area (Å²) in [6.45, 7) is 5.08. The van der Waals surface area contributed by atoms with Crippen molar-refractivity contribution >= 4 is 23.4 Å². The predicted molar refractivity (Wildman–Crippen MR) is 78.2 cm³/mol. The van der Waals surface area contributed by atoms with E-state index in [4.69, 9.17) is 11.6 Å². The zero-order chi connectivity index (χ0) is 13.0. The Kier molecular flexibility index (Phi) is 4.72. The van der Waals surface area contributed by atoms with Gasteiger partial charge in [0.25, 0.3) is 0 Å². The van der Waals surface area contributed by atoms with Gasteiger partial charge in [-0.1, -0.05) is 12.1 Å². The van der Waals surface area contributed by atoms with Gasteiger partial charge < -0.3 is 0 Å². The molecule has 0 saturated heterocycles. The molecule has 1 heterocycles. The summed E-state index contributed by atoms with van der Waals surface area (Å²) in [5, 5.41) is 4.45. The van der Waals surface area contributed by atoms with E-state index in [1.165, 1.54) is 10.6 Å². The van der Waals surface area contributed by atoms with Gasteiger partial charge in [0.05, 0.1) is 5.69 Å². The molecule has 18 heavy (non-hydrogen) atoms. The quantitative estimate of drug-likeness (QED) is 0.602. The highest BCUT2D eigenvalue weighted by atomic mass is 35.5. The van der Waals surface area contributed by atoms with Crippen LogP contribution in [0.1, 0.15) is 23.9 Å². The summed E-state index contributed by atoms with van der Waals surface area (Å²) in [6.07, 6.45) is 0. The molecule has 4 heteroatoms. The molecule has 0 aliphatic rings. The highest BCUT2D eigenvalue weighted by Crippen LogP contribution is 2.23. The number of rotatable bonds is 5.